The molecule has 418 valence electrons. The standard InChI is InChI=1S/C81H67N3O2/c1-43(2)55-14-12-15-56(44(3)4)77(55)84-78(85)63-32-30-58-57-16-13-17-62-73(57)66(59-31-33-64(79(84)86)76(63)75(58)59)42-68-74(62)60-29-27-54(41-67(60)82-68)83(69-34-20-46-19-22-49-38-52(80(6,7)8)37-48(65(49)36-46)21-18-45(69)5)70-35-26-47-23-24-50-39-53(81(9,10)11)40-51-25-28-61(70)72(47)71(50)51/h12-35,37-44,82H,5,36H2,1-4,6-11H3. The van der Waals surface area contributed by atoms with Crippen molar-refractivity contribution in [3.63, 3.8) is 0 Å². The van der Waals surface area contributed by atoms with Crippen LogP contribution in [0.2, 0.25) is 0 Å². The quantitative estimate of drug-likeness (QED) is 0.103. The lowest BCUT2D eigenvalue weighted by Gasteiger charge is -2.32. The van der Waals surface area contributed by atoms with Gasteiger partial charge in [-0.2, -0.15) is 0 Å². The van der Waals surface area contributed by atoms with E-state index in [0.717, 1.165) is 111 Å². The van der Waals surface area contributed by atoms with E-state index in [4.69, 9.17) is 6.58 Å². The average molecular weight is 1110 g/mol. The molecular weight excluding hydrogens is 1050 g/mol. The molecule has 1 aromatic heterocycles. The molecule has 13 aromatic rings. The summed E-state index contributed by atoms with van der Waals surface area (Å²) in [6, 6.07) is 53.6. The molecule has 2 aliphatic carbocycles. The first-order chi connectivity index (χ1) is 41.3. The second-order valence-electron chi connectivity index (χ2n) is 27.3. The van der Waals surface area contributed by atoms with Crippen LogP contribution in [0.25, 0.3) is 109 Å². The summed E-state index contributed by atoms with van der Waals surface area (Å²) in [4.78, 5) is 38.2. The summed E-state index contributed by atoms with van der Waals surface area (Å²) in [7, 11) is 0. The van der Waals surface area contributed by atoms with Crippen molar-refractivity contribution in [3.8, 4) is 0 Å². The highest BCUT2D eigenvalue weighted by Crippen LogP contribution is 2.51. The zero-order chi connectivity index (χ0) is 59.1. The zero-order valence-corrected chi connectivity index (χ0v) is 50.6. The molecular formula is C81H67N3O2. The van der Waals surface area contributed by atoms with Gasteiger partial charge in [-0.1, -0.05) is 215 Å². The van der Waals surface area contributed by atoms with Crippen molar-refractivity contribution in [3.05, 3.63) is 243 Å². The normalized spacial score (nSPS) is 14.9. The van der Waals surface area contributed by atoms with Gasteiger partial charge in [0, 0.05) is 49.4 Å². The molecule has 2 heterocycles. The Morgan fingerprint density at radius 3 is 1.76 bits per heavy atom. The number of nitrogens with one attached hydrogen (secondary N) is 1. The Hall–Kier alpha value is -9.58. The number of H-pyrrole nitrogens is 1. The minimum Gasteiger partial charge on any atom is -0.354 e. The molecule has 0 unspecified atom stereocenters. The summed E-state index contributed by atoms with van der Waals surface area (Å²) in [6.07, 6.45) is 14.5. The van der Waals surface area contributed by atoms with Gasteiger partial charge >= 0.3 is 0 Å². The number of hydrogen-bond donors (Lipinski definition) is 1. The number of anilines is 3. The van der Waals surface area contributed by atoms with Gasteiger partial charge in [-0.25, -0.2) is 4.90 Å². The van der Waals surface area contributed by atoms with E-state index in [1.165, 1.54) is 70.6 Å². The van der Waals surface area contributed by atoms with Crippen LogP contribution in [0.3, 0.4) is 0 Å². The fourth-order valence-electron chi connectivity index (χ4n) is 14.9. The van der Waals surface area contributed by atoms with E-state index in [0.29, 0.717) is 11.1 Å². The van der Waals surface area contributed by atoms with Crippen molar-refractivity contribution < 1.29 is 9.59 Å². The first-order valence-corrected chi connectivity index (χ1v) is 30.6. The van der Waals surface area contributed by atoms with Crippen LogP contribution in [0.1, 0.15) is 141 Å². The van der Waals surface area contributed by atoms with Gasteiger partial charge in [0.05, 0.1) is 17.1 Å². The number of aromatic nitrogens is 1. The number of hydrogen-bond acceptors (Lipinski definition) is 3. The van der Waals surface area contributed by atoms with Crippen LogP contribution >= 0.6 is 0 Å². The number of nitrogens with zero attached hydrogens (tertiary/aromatic N) is 2. The number of carbonyl (C=O) groups is 2. The summed E-state index contributed by atoms with van der Waals surface area (Å²) in [5.74, 6) is -0.343. The lowest BCUT2D eigenvalue weighted by molar-refractivity contribution is 0.0892. The maximum Gasteiger partial charge on any atom is 0.266 e. The van der Waals surface area contributed by atoms with Gasteiger partial charge in [0.1, 0.15) is 0 Å². The third-order valence-corrected chi connectivity index (χ3v) is 19.4. The highest BCUT2D eigenvalue weighted by molar-refractivity contribution is 6.44. The number of benzene rings is 12. The molecule has 12 aromatic carbocycles. The molecule has 0 spiro atoms. The molecule has 2 bridgehead atoms. The minimum atomic E-state index is -0.278. The Kier molecular flexibility index (Phi) is 11.0. The fourth-order valence-corrected chi connectivity index (χ4v) is 14.9. The van der Waals surface area contributed by atoms with Gasteiger partial charge in [0.2, 0.25) is 0 Å². The number of carbonyl (C=O) groups excluding carboxylic acids is 2. The molecule has 0 atom stereocenters. The highest BCUT2D eigenvalue weighted by Gasteiger charge is 2.38. The Bertz CT molecular complexity index is 5280. The van der Waals surface area contributed by atoms with Gasteiger partial charge in [-0.05, 0) is 186 Å². The van der Waals surface area contributed by atoms with Crippen molar-refractivity contribution in [2.45, 2.75) is 98.3 Å². The molecule has 0 radical (unpaired) electrons. The molecule has 0 saturated heterocycles. The summed E-state index contributed by atoms with van der Waals surface area (Å²) < 4.78 is 0. The van der Waals surface area contributed by atoms with Crippen LogP contribution in [0.4, 0.5) is 17.1 Å². The fraction of sp³-hybridized carbons (Fsp3) is 0.185. The topological polar surface area (TPSA) is 56.4 Å². The van der Waals surface area contributed by atoms with E-state index in [1.807, 2.05) is 18.2 Å². The smallest absolute Gasteiger partial charge is 0.266 e. The second-order valence-corrected chi connectivity index (χ2v) is 27.3. The van der Waals surface area contributed by atoms with E-state index in [-0.39, 0.29) is 34.5 Å². The lowest BCUT2D eigenvalue weighted by atomic mass is 9.80. The predicted octanol–water partition coefficient (Wildman–Crippen LogP) is 21.7. The Morgan fingerprint density at radius 2 is 1.07 bits per heavy atom. The molecule has 86 heavy (non-hydrogen) atoms. The van der Waals surface area contributed by atoms with Crippen molar-refractivity contribution >= 4 is 138 Å². The van der Waals surface area contributed by atoms with Gasteiger partial charge in [0.25, 0.3) is 11.8 Å². The molecule has 1 N–H and O–H groups in total. The highest BCUT2D eigenvalue weighted by atomic mass is 16.2. The van der Waals surface area contributed by atoms with E-state index in [9.17, 15) is 0 Å². The maximum absolute atomic E-state index is 15.1. The van der Waals surface area contributed by atoms with Gasteiger partial charge in [0.15, 0.2) is 0 Å². The molecule has 5 nitrogen and oxygen atoms in total. The van der Waals surface area contributed by atoms with E-state index in [2.05, 4.69) is 243 Å². The lowest BCUT2D eigenvalue weighted by Crippen LogP contribution is -2.41. The summed E-state index contributed by atoms with van der Waals surface area (Å²) in [6.45, 7) is 27.2. The van der Waals surface area contributed by atoms with Crippen molar-refractivity contribution in [1.29, 1.82) is 0 Å². The second kappa shape index (κ2) is 18.2. The van der Waals surface area contributed by atoms with Crippen molar-refractivity contribution in [2.24, 2.45) is 0 Å². The summed E-state index contributed by atoms with van der Waals surface area (Å²) in [5.41, 5.74) is 17.5. The molecule has 5 heteroatoms. The van der Waals surface area contributed by atoms with Gasteiger partial charge < -0.3 is 9.88 Å². The van der Waals surface area contributed by atoms with E-state index >= 15 is 9.59 Å². The van der Waals surface area contributed by atoms with Crippen LogP contribution in [0, 0.1) is 0 Å². The third-order valence-electron chi connectivity index (χ3n) is 19.4. The Labute approximate surface area is 501 Å². The predicted molar refractivity (Wildman–Crippen MR) is 366 cm³/mol. The van der Waals surface area contributed by atoms with Crippen molar-refractivity contribution in [1.82, 2.24) is 4.98 Å². The van der Waals surface area contributed by atoms with Gasteiger partial charge in [-0.15, -0.1) is 0 Å². The number of aromatic amines is 1. The van der Waals surface area contributed by atoms with Crippen LogP contribution in [0.15, 0.2) is 193 Å². The summed E-state index contributed by atoms with van der Waals surface area (Å²) in [5, 5.41) is 17.9. The number of rotatable bonds is 6. The van der Waals surface area contributed by atoms with E-state index < -0.39 is 0 Å². The number of amides is 2. The molecule has 2 amide bonds. The number of imide groups is 1. The first kappa shape index (κ1) is 52.0. The SMILES string of the molecule is C=C1C=Cc2cc(C(C)(C)C)cc3c2CC(=CC=C1N(c1ccc2c(c1)[nH]c1cc4c5ccc6c7c(ccc(c8cccc(c12)c84)c75)C(=O)N(c1c(C(C)C)cccc1C(C)C)C6=O)c1ccc2ccc4cc(C(C)(C)C)cc5ccc1c2c45)C=C3. The average Bonchev–Trinajstić information content (AvgIpc) is 1.01. The van der Waals surface area contributed by atoms with Gasteiger partial charge in [-0.3, -0.25) is 9.59 Å². The molecule has 16 rings (SSSR count). The maximum atomic E-state index is 15.1. The number of fused-ring (bicyclic) bond motifs is 7. The first-order valence-electron chi connectivity index (χ1n) is 30.6. The van der Waals surface area contributed by atoms with Crippen molar-refractivity contribution in [2.75, 3.05) is 9.80 Å². The zero-order valence-electron chi connectivity index (χ0n) is 50.6. The van der Waals surface area contributed by atoms with Crippen LogP contribution < -0.4 is 9.80 Å². The molecule has 3 aliphatic rings. The monoisotopic (exact) mass is 1110 g/mol. The molecule has 1 aliphatic heterocycles. The number of allylic oxidation sites excluding steroid dienone is 5. The van der Waals surface area contributed by atoms with Crippen LogP contribution in [-0.2, 0) is 17.3 Å². The van der Waals surface area contributed by atoms with E-state index in [1.54, 1.807) is 0 Å². The Balaban J connectivity index is 0.903. The summed E-state index contributed by atoms with van der Waals surface area (Å²) >= 11 is 0. The molecule has 0 fully saturated rings. The Morgan fingerprint density at radius 1 is 0.488 bits per heavy atom. The molecule has 0 saturated carbocycles. The minimum absolute atomic E-state index is 0.000646. The van der Waals surface area contributed by atoms with Crippen LogP contribution in [-0.4, -0.2) is 16.8 Å². The third kappa shape index (κ3) is 7.49. The van der Waals surface area contributed by atoms with Crippen LogP contribution in [0.5, 0.6) is 0 Å². The largest absolute Gasteiger partial charge is 0.354 e. The number of para-hydroxylation sites is 1.